The van der Waals surface area contributed by atoms with Gasteiger partial charge in [0, 0.05) is 12.2 Å². The van der Waals surface area contributed by atoms with Gasteiger partial charge < -0.3 is 4.74 Å². The first-order valence-electron chi connectivity index (χ1n) is 7.43. The van der Waals surface area contributed by atoms with E-state index in [1.54, 1.807) is 19.1 Å². The Morgan fingerprint density at radius 2 is 2.05 bits per heavy atom. The monoisotopic (exact) mass is 278 g/mol. The van der Waals surface area contributed by atoms with Crippen LogP contribution >= 0.6 is 0 Å². The first kappa shape index (κ1) is 15.2. The summed E-state index contributed by atoms with van der Waals surface area (Å²) in [6, 6.07) is 4.71. The van der Waals surface area contributed by atoms with Crippen molar-refractivity contribution in [2.45, 2.75) is 52.1 Å². The fraction of sp³-hybridized carbons (Fsp3) is 0.588. The highest BCUT2D eigenvalue weighted by molar-refractivity contribution is 6.02. The highest BCUT2D eigenvalue weighted by atomic mass is 19.1. The minimum Gasteiger partial charge on any atom is -0.367 e. The molecule has 3 heteroatoms. The lowest BCUT2D eigenvalue weighted by molar-refractivity contribution is -0.0474. The molecule has 110 valence electrons. The van der Waals surface area contributed by atoms with Crippen LogP contribution in [0.5, 0.6) is 0 Å². The molecule has 0 heterocycles. The number of aryl methyl sites for hydroxylation is 1. The van der Waals surface area contributed by atoms with Crippen molar-refractivity contribution in [3.63, 3.8) is 0 Å². The largest absolute Gasteiger partial charge is 0.367 e. The maximum atomic E-state index is 13.7. The van der Waals surface area contributed by atoms with Crippen molar-refractivity contribution in [2.24, 2.45) is 5.92 Å². The van der Waals surface area contributed by atoms with Crippen LogP contribution in [0.4, 0.5) is 4.39 Å². The van der Waals surface area contributed by atoms with Gasteiger partial charge in [-0.3, -0.25) is 4.79 Å². The molecule has 2 rings (SSSR count). The van der Waals surface area contributed by atoms with Crippen LogP contribution in [0.3, 0.4) is 0 Å². The summed E-state index contributed by atoms with van der Waals surface area (Å²) in [5.41, 5.74) is 0.239. The first-order chi connectivity index (χ1) is 9.48. The van der Waals surface area contributed by atoms with Crippen LogP contribution in [0, 0.1) is 18.7 Å². The summed E-state index contributed by atoms with van der Waals surface area (Å²) in [5.74, 6) is 0.239. The van der Waals surface area contributed by atoms with Gasteiger partial charge in [0.2, 0.25) is 0 Å². The number of halogens is 1. The Labute approximate surface area is 120 Å². The summed E-state index contributed by atoms with van der Waals surface area (Å²) in [5, 5.41) is 0. The molecule has 0 aliphatic heterocycles. The van der Waals surface area contributed by atoms with Crippen LogP contribution in [0.25, 0.3) is 0 Å². The molecule has 1 fully saturated rings. The van der Waals surface area contributed by atoms with Gasteiger partial charge >= 0.3 is 0 Å². The molecule has 2 nitrogen and oxygen atoms in total. The third kappa shape index (κ3) is 2.93. The van der Waals surface area contributed by atoms with E-state index in [1.807, 2.05) is 6.92 Å². The van der Waals surface area contributed by atoms with E-state index in [0.29, 0.717) is 23.7 Å². The van der Waals surface area contributed by atoms with E-state index in [2.05, 4.69) is 6.92 Å². The average molecular weight is 278 g/mol. The Bertz CT molecular complexity index is 488. The minimum atomic E-state index is -0.747. The molecule has 20 heavy (non-hydrogen) atoms. The maximum Gasteiger partial charge on any atom is 0.194 e. The highest BCUT2D eigenvalue weighted by Crippen LogP contribution is 2.37. The molecule has 0 atom stereocenters. The van der Waals surface area contributed by atoms with Crippen molar-refractivity contribution in [1.82, 2.24) is 0 Å². The van der Waals surface area contributed by atoms with Crippen LogP contribution in [0.15, 0.2) is 18.2 Å². The summed E-state index contributed by atoms with van der Waals surface area (Å²) in [4.78, 5) is 12.8. The third-order valence-electron chi connectivity index (χ3n) is 4.35. The van der Waals surface area contributed by atoms with E-state index in [0.717, 1.165) is 25.7 Å². The predicted octanol–water partition coefficient (Wildman–Crippen LogP) is 4.30. The molecule has 0 spiro atoms. The molecule has 0 amide bonds. The van der Waals surface area contributed by atoms with Crippen molar-refractivity contribution in [3.8, 4) is 0 Å². The van der Waals surface area contributed by atoms with Gasteiger partial charge in [-0.15, -0.1) is 0 Å². The lowest BCUT2D eigenvalue weighted by Gasteiger charge is -2.37. The number of hydrogen-bond acceptors (Lipinski definition) is 2. The highest BCUT2D eigenvalue weighted by Gasteiger charge is 2.42. The smallest absolute Gasteiger partial charge is 0.194 e. The van der Waals surface area contributed by atoms with Crippen LogP contribution in [0.1, 0.15) is 55.5 Å². The van der Waals surface area contributed by atoms with Crippen LogP contribution in [0.2, 0.25) is 0 Å². The summed E-state index contributed by atoms with van der Waals surface area (Å²) in [6.45, 7) is 6.31. The van der Waals surface area contributed by atoms with Gasteiger partial charge in [-0.1, -0.05) is 19.1 Å². The number of ketones is 1. The second-order valence-corrected chi connectivity index (χ2v) is 5.90. The average Bonchev–Trinajstić information content (AvgIpc) is 2.44. The van der Waals surface area contributed by atoms with E-state index in [9.17, 15) is 9.18 Å². The zero-order chi connectivity index (χ0) is 14.8. The van der Waals surface area contributed by atoms with Crippen molar-refractivity contribution in [2.75, 3.05) is 6.61 Å². The second-order valence-electron chi connectivity index (χ2n) is 5.90. The van der Waals surface area contributed by atoms with Crippen LogP contribution in [-0.2, 0) is 4.74 Å². The standard InChI is InChI=1S/C17H23FO2/c1-4-20-17(9-7-12(2)8-10-17)16(19)14-6-5-13(3)15(18)11-14/h5-6,11-12H,4,7-10H2,1-3H3. The van der Waals surface area contributed by atoms with Crippen molar-refractivity contribution in [3.05, 3.63) is 35.1 Å². The van der Waals surface area contributed by atoms with Gasteiger partial charge in [0.1, 0.15) is 11.4 Å². The summed E-state index contributed by atoms with van der Waals surface area (Å²) in [7, 11) is 0. The van der Waals surface area contributed by atoms with E-state index in [-0.39, 0.29) is 11.6 Å². The number of benzene rings is 1. The van der Waals surface area contributed by atoms with Gasteiger partial charge in [-0.25, -0.2) is 4.39 Å². The molecule has 1 aliphatic rings. The van der Waals surface area contributed by atoms with Gasteiger partial charge in [-0.2, -0.15) is 0 Å². The van der Waals surface area contributed by atoms with Gasteiger partial charge in [0.25, 0.3) is 0 Å². The summed E-state index contributed by atoms with van der Waals surface area (Å²) in [6.07, 6.45) is 3.44. The molecule has 1 aliphatic carbocycles. The van der Waals surface area contributed by atoms with Crippen molar-refractivity contribution in [1.29, 1.82) is 0 Å². The Hall–Kier alpha value is -1.22. The molecule has 0 saturated heterocycles. The maximum absolute atomic E-state index is 13.7. The topological polar surface area (TPSA) is 26.3 Å². The SMILES string of the molecule is CCOC1(C(=O)c2ccc(C)c(F)c2)CCC(C)CC1. The zero-order valence-electron chi connectivity index (χ0n) is 12.5. The van der Waals surface area contributed by atoms with E-state index in [1.165, 1.54) is 6.07 Å². The first-order valence-corrected chi connectivity index (χ1v) is 7.43. The lowest BCUT2D eigenvalue weighted by Crippen LogP contribution is -2.44. The van der Waals surface area contributed by atoms with Crippen LogP contribution < -0.4 is 0 Å². The molecular formula is C17H23FO2. The lowest BCUT2D eigenvalue weighted by atomic mass is 9.75. The summed E-state index contributed by atoms with van der Waals surface area (Å²) < 4.78 is 19.5. The Kier molecular flexibility index (Phi) is 4.59. The number of ether oxygens (including phenoxy) is 1. The number of Topliss-reactive ketones (excluding diaryl/α,β-unsaturated/α-hetero) is 1. The number of carbonyl (C=O) groups is 1. The van der Waals surface area contributed by atoms with E-state index in [4.69, 9.17) is 4.74 Å². The molecular weight excluding hydrogens is 255 g/mol. The fourth-order valence-electron chi connectivity index (χ4n) is 2.94. The number of hydrogen-bond donors (Lipinski definition) is 0. The third-order valence-corrected chi connectivity index (χ3v) is 4.35. The predicted molar refractivity (Wildman–Crippen MR) is 77.5 cm³/mol. The molecule has 1 aromatic carbocycles. The molecule has 1 aromatic rings. The van der Waals surface area contributed by atoms with Gasteiger partial charge in [-0.05, 0) is 57.1 Å². The molecule has 1 saturated carbocycles. The van der Waals surface area contributed by atoms with Crippen molar-refractivity contribution >= 4 is 5.78 Å². The fourth-order valence-corrected chi connectivity index (χ4v) is 2.94. The Morgan fingerprint density at radius 3 is 2.60 bits per heavy atom. The molecule has 0 aromatic heterocycles. The quantitative estimate of drug-likeness (QED) is 0.767. The van der Waals surface area contributed by atoms with Gasteiger partial charge in [0.05, 0.1) is 0 Å². The molecule has 0 bridgehead atoms. The van der Waals surface area contributed by atoms with E-state index < -0.39 is 5.60 Å². The van der Waals surface area contributed by atoms with Gasteiger partial charge in [0.15, 0.2) is 5.78 Å². The molecule has 0 radical (unpaired) electrons. The van der Waals surface area contributed by atoms with Crippen LogP contribution in [-0.4, -0.2) is 18.0 Å². The van der Waals surface area contributed by atoms with Crippen molar-refractivity contribution < 1.29 is 13.9 Å². The number of rotatable bonds is 4. The minimum absolute atomic E-state index is 0.0647. The second kappa shape index (κ2) is 6.04. The zero-order valence-corrected chi connectivity index (χ0v) is 12.5. The molecule has 0 N–H and O–H groups in total. The summed E-state index contributed by atoms with van der Waals surface area (Å²) >= 11 is 0. The normalized spacial score (nSPS) is 26.5. The Balaban J connectivity index is 2.29. The van der Waals surface area contributed by atoms with E-state index >= 15 is 0 Å². The number of carbonyl (C=O) groups excluding carboxylic acids is 1. The molecule has 0 unspecified atom stereocenters. The Morgan fingerprint density at radius 1 is 1.40 bits per heavy atom.